The molecule has 2 aromatic carbocycles. The number of carboxylic acid groups (broad SMARTS) is 1. The molecule has 1 aliphatic rings. The average molecular weight is 422 g/mol. The predicted molar refractivity (Wildman–Crippen MR) is 110 cm³/mol. The highest BCUT2D eigenvalue weighted by atomic mass is 16.4. The third-order valence-corrected chi connectivity index (χ3v) is 5.14. The van der Waals surface area contributed by atoms with E-state index < -0.39 is 35.8 Å². The van der Waals surface area contributed by atoms with Crippen LogP contribution in [0.1, 0.15) is 45.5 Å². The molecule has 0 unspecified atom stereocenters. The third-order valence-electron chi connectivity index (χ3n) is 5.14. The van der Waals surface area contributed by atoms with Crippen molar-refractivity contribution in [3.8, 4) is 0 Å². The molecule has 8 heteroatoms. The van der Waals surface area contributed by atoms with Gasteiger partial charge in [-0.05, 0) is 30.5 Å². The van der Waals surface area contributed by atoms with E-state index in [2.05, 4.69) is 5.32 Å². The number of carbonyl (C=O) groups is 5. The maximum absolute atomic E-state index is 13.1. The summed E-state index contributed by atoms with van der Waals surface area (Å²) in [7, 11) is 0. The Morgan fingerprint density at radius 2 is 1.55 bits per heavy atom. The number of nitrogens with one attached hydrogen (secondary N) is 1. The van der Waals surface area contributed by atoms with Crippen molar-refractivity contribution < 1.29 is 29.1 Å². The molecule has 2 aromatic rings. The van der Waals surface area contributed by atoms with E-state index in [-0.39, 0.29) is 36.8 Å². The van der Waals surface area contributed by atoms with E-state index >= 15 is 0 Å². The Morgan fingerprint density at radius 1 is 0.968 bits per heavy atom. The zero-order chi connectivity index (χ0) is 22.4. The Bertz CT molecular complexity index is 969. The minimum atomic E-state index is -1.24. The summed E-state index contributed by atoms with van der Waals surface area (Å²) in [5.41, 5.74) is 1.10. The fourth-order valence-corrected chi connectivity index (χ4v) is 3.58. The van der Waals surface area contributed by atoms with Gasteiger partial charge in [0.15, 0.2) is 0 Å². The number of carboxylic acids is 1. The molecule has 0 radical (unpaired) electrons. The van der Waals surface area contributed by atoms with E-state index in [0.717, 1.165) is 4.90 Å². The van der Waals surface area contributed by atoms with Crippen molar-refractivity contribution in [2.45, 2.75) is 37.8 Å². The summed E-state index contributed by atoms with van der Waals surface area (Å²) in [6.07, 6.45) is 1.20. The van der Waals surface area contributed by atoms with Crippen LogP contribution in [0.3, 0.4) is 0 Å². The summed E-state index contributed by atoms with van der Waals surface area (Å²) < 4.78 is 0. The molecule has 8 nitrogen and oxygen atoms in total. The lowest BCUT2D eigenvalue weighted by atomic mass is 10.0. The van der Waals surface area contributed by atoms with Crippen LogP contribution in [-0.4, -0.2) is 52.1 Å². The first kappa shape index (κ1) is 21.9. The van der Waals surface area contributed by atoms with Gasteiger partial charge >= 0.3 is 5.97 Å². The molecular weight excluding hydrogens is 400 g/mol. The summed E-state index contributed by atoms with van der Waals surface area (Å²) in [5.74, 6) is -3.20. The van der Waals surface area contributed by atoms with Crippen molar-refractivity contribution in [1.82, 2.24) is 10.2 Å². The molecule has 3 amide bonds. The van der Waals surface area contributed by atoms with Crippen LogP contribution in [0.5, 0.6) is 0 Å². The zero-order valence-corrected chi connectivity index (χ0v) is 16.7. The van der Waals surface area contributed by atoms with Crippen LogP contribution < -0.4 is 5.32 Å². The van der Waals surface area contributed by atoms with Gasteiger partial charge in [-0.2, -0.15) is 0 Å². The van der Waals surface area contributed by atoms with Crippen LogP contribution in [0.2, 0.25) is 0 Å². The number of hydrogen-bond acceptors (Lipinski definition) is 5. The first-order valence-corrected chi connectivity index (χ1v) is 9.91. The number of amides is 3. The first-order chi connectivity index (χ1) is 14.9. The van der Waals surface area contributed by atoms with Gasteiger partial charge in [0.2, 0.25) is 5.91 Å². The Labute approximate surface area is 178 Å². The molecule has 3 rings (SSSR count). The van der Waals surface area contributed by atoms with Crippen LogP contribution >= 0.6 is 0 Å². The second-order valence-corrected chi connectivity index (χ2v) is 7.23. The molecule has 0 fully saturated rings. The quantitative estimate of drug-likeness (QED) is 0.342. The van der Waals surface area contributed by atoms with Crippen LogP contribution in [0, 0.1) is 0 Å². The van der Waals surface area contributed by atoms with Crippen molar-refractivity contribution in [3.63, 3.8) is 0 Å². The zero-order valence-electron chi connectivity index (χ0n) is 16.7. The maximum atomic E-state index is 13.1. The van der Waals surface area contributed by atoms with Crippen LogP contribution in [0.15, 0.2) is 54.6 Å². The van der Waals surface area contributed by atoms with Gasteiger partial charge in [0.25, 0.3) is 11.8 Å². The first-order valence-electron chi connectivity index (χ1n) is 9.91. The van der Waals surface area contributed by atoms with Crippen molar-refractivity contribution in [1.29, 1.82) is 0 Å². The molecule has 0 spiro atoms. The van der Waals surface area contributed by atoms with Gasteiger partial charge in [-0.25, -0.2) is 4.79 Å². The van der Waals surface area contributed by atoms with Crippen molar-refractivity contribution in [2.24, 2.45) is 0 Å². The lowest BCUT2D eigenvalue weighted by Gasteiger charge is -2.27. The fraction of sp³-hybridized carbons (Fsp3) is 0.261. The molecule has 1 aliphatic heterocycles. The van der Waals surface area contributed by atoms with Gasteiger partial charge < -0.3 is 15.2 Å². The highest BCUT2D eigenvalue weighted by Gasteiger charge is 2.43. The SMILES string of the molecule is O=CCCC[C@H](C(=O)N[C@@H](Cc1ccccc1)C(=O)O)N1C(=O)c2ccccc2C1=O. The maximum Gasteiger partial charge on any atom is 0.326 e. The van der Waals surface area contributed by atoms with Crippen LogP contribution in [0.25, 0.3) is 0 Å². The van der Waals surface area contributed by atoms with Gasteiger partial charge in [0, 0.05) is 12.8 Å². The minimum Gasteiger partial charge on any atom is -0.480 e. The number of rotatable bonds is 10. The van der Waals surface area contributed by atoms with Gasteiger partial charge in [-0.3, -0.25) is 19.3 Å². The third kappa shape index (κ3) is 4.85. The van der Waals surface area contributed by atoms with E-state index in [9.17, 15) is 29.1 Å². The average Bonchev–Trinajstić information content (AvgIpc) is 3.02. The fourth-order valence-electron chi connectivity index (χ4n) is 3.58. The number of imide groups is 1. The van der Waals surface area contributed by atoms with Gasteiger partial charge in [-0.15, -0.1) is 0 Å². The molecule has 0 aliphatic carbocycles. The monoisotopic (exact) mass is 422 g/mol. The summed E-state index contributed by atoms with van der Waals surface area (Å²) >= 11 is 0. The molecule has 2 N–H and O–H groups in total. The van der Waals surface area contributed by atoms with E-state index in [4.69, 9.17) is 0 Å². The molecule has 1 heterocycles. The topological polar surface area (TPSA) is 121 Å². The lowest BCUT2D eigenvalue weighted by molar-refractivity contribution is -0.142. The Hall–Kier alpha value is -3.81. The molecule has 0 saturated carbocycles. The molecule has 0 aromatic heterocycles. The van der Waals surface area contributed by atoms with E-state index in [1.807, 2.05) is 0 Å². The number of nitrogens with zero attached hydrogens (tertiary/aromatic N) is 1. The van der Waals surface area contributed by atoms with Gasteiger partial charge in [-0.1, -0.05) is 42.5 Å². The molecule has 31 heavy (non-hydrogen) atoms. The van der Waals surface area contributed by atoms with Crippen molar-refractivity contribution >= 4 is 30.0 Å². The summed E-state index contributed by atoms with van der Waals surface area (Å²) in [6, 6.07) is 12.6. The standard InChI is InChI=1S/C23H22N2O6/c26-13-7-6-12-19(25-21(28)16-10-4-5-11-17(16)22(25)29)20(27)24-18(23(30)31)14-15-8-2-1-3-9-15/h1-5,8-11,13,18-19H,6-7,12,14H2,(H,24,27)(H,30,31)/t18-,19+/m0/s1. The molecule has 0 saturated heterocycles. The smallest absolute Gasteiger partial charge is 0.326 e. The lowest BCUT2D eigenvalue weighted by Crippen LogP contribution is -2.53. The minimum absolute atomic E-state index is 0.0467. The number of aliphatic carboxylic acids is 1. The number of aldehydes is 1. The Balaban J connectivity index is 1.83. The number of carbonyl (C=O) groups excluding carboxylic acids is 4. The largest absolute Gasteiger partial charge is 0.480 e. The number of fused-ring (bicyclic) bond motifs is 1. The van der Waals surface area contributed by atoms with E-state index in [1.165, 1.54) is 12.1 Å². The second kappa shape index (κ2) is 9.80. The molecule has 160 valence electrons. The normalized spacial score (nSPS) is 14.6. The van der Waals surface area contributed by atoms with E-state index in [1.54, 1.807) is 42.5 Å². The number of unbranched alkanes of at least 4 members (excludes halogenated alkanes) is 1. The summed E-state index contributed by atoms with van der Waals surface area (Å²) in [4.78, 5) is 62.1. The highest BCUT2D eigenvalue weighted by molar-refractivity contribution is 6.22. The van der Waals surface area contributed by atoms with E-state index in [0.29, 0.717) is 11.8 Å². The number of benzene rings is 2. The Morgan fingerprint density at radius 3 is 2.10 bits per heavy atom. The van der Waals surface area contributed by atoms with Crippen LogP contribution in [-0.2, 0) is 20.8 Å². The predicted octanol–water partition coefficient (Wildman–Crippen LogP) is 1.83. The second-order valence-electron chi connectivity index (χ2n) is 7.23. The molecular formula is C23H22N2O6. The van der Waals surface area contributed by atoms with Gasteiger partial charge in [0.05, 0.1) is 11.1 Å². The van der Waals surface area contributed by atoms with Crippen LogP contribution in [0.4, 0.5) is 0 Å². The van der Waals surface area contributed by atoms with Crippen molar-refractivity contribution in [3.05, 3.63) is 71.3 Å². The Kier molecular flexibility index (Phi) is 6.92. The summed E-state index contributed by atoms with van der Waals surface area (Å²) in [5, 5.41) is 12.0. The van der Waals surface area contributed by atoms with Gasteiger partial charge in [0.1, 0.15) is 18.4 Å². The number of hydrogen-bond donors (Lipinski definition) is 2. The van der Waals surface area contributed by atoms with Crippen molar-refractivity contribution in [2.75, 3.05) is 0 Å². The molecule has 0 bridgehead atoms. The highest BCUT2D eigenvalue weighted by Crippen LogP contribution is 2.26. The molecule has 2 atom stereocenters. The summed E-state index contributed by atoms with van der Waals surface area (Å²) in [6.45, 7) is 0.